The fraction of sp³-hybridized carbons (Fsp3) is 0.333. The van der Waals surface area contributed by atoms with Gasteiger partial charge in [0.15, 0.2) is 11.7 Å². The molecule has 2 amide bonds. The number of likely N-dealkylation sites (tertiary alicyclic amines) is 1. The fourth-order valence-corrected chi connectivity index (χ4v) is 3.79. The predicted molar refractivity (Wildman–Crippen MR) is 117 cm³/mol. The molecule has 1 unspecified atom stereocenters. The lowest BCUT2D eigenvalue weighted by atomic mass is 9.96. The average molecular weight is 418 g/mol. The molecule has 1 aliphatic heterocycles. The van der Waals surface area contributed by atoms with Crippen molar-refractivity contribution in [1.82, 2.24) is 14.9 Å². The van der Waals surface area contributed by atoms with E-state index in [0.717, 1.165) is 24.0 Å². The minimum atomic E-state index is -0.231. The topological polar surface area (TPSA) is 88.3 Å². The van der Waals surface area contributed by atoms with Gasteiger partial charge in [0.1, 0.15) is 5.82 Å². The second kappa shape index (κ2) is 9.55. The van der Waals surface area contributed by atoms with Gasteiger partial charge in [-0.15, -0.1) is 0 Å². The zero-order chi connectivity index (χ0) is 21.6. The summed E-state index contributed by atoms with van der Waals surface area (Å²) in [4.78, 5) is 35.7. The van der Waals surface area contributed by atoms with Gasteiger partial charge in [0.05, 0.1) is 12.1 Å². The number of pyridine rings is 1. The SMILES string of the molecule is Cc1cccnc1NC(=O)C1CCCN(C(=O)CCc2ncc(-c3ccccc3)o2)C1. The monoisotopic (exact) mass is 418 g/mol. The molecule has 160 valence electrons. The summed E-state index contributed by atoms with van der Waals surface area (Å²) >= 11 is 0. The summed E-state index contributed by atoms with van der Waals surface area (Å²) in [6.45, 7) is 3.01. The molecule has 1 atom stereocenters. The molecule has 7 nitrogen and oxygen atoms in total. The number of benzene rings is 1. The molecule has 1 fully saturated rings. The van der Waals surface area contributed by atoms with Gasteiger partial charge in [0.25, 0.3) is 0 Å². The Balaban J connectivity index is 1.30. The molecule has 0 saturated carbocycles. The third-order valence-electron chi connectivity index (χ3n) is 5.56. The summed E-state index contributed by atoms with van der Waals surface area (Å²) in [5.74, 6) is 1.52. The van der Waals surface area contributed by atoms with Crippen LogP contribution >= 0.6 is 0 Å². The van der Waals surface area contributed by atoms with Gasteiger partial charge in [0.2, 0.25) is 11.8 Å². The van der Waals surface area contributed by atoms with Crippen molar-refractivity contribution in [1.29, 1.82) is 0 Å². The van der Waals surface area contributed by atoms with Gasteiger partial charge >= 0.3 is 0 Å². The van der Waals surface area contributed by atoms with E-state index in [0.29, 0.717) is 43.4 Å². The average Bonchev–Trinajstić information content (AvgIpc) is 3.29. The molecule has 0 radical (unpaired) electrons. The molecule has 1 N–H and O–H groups in total. The molecule has 1 saturated heterocycles. The van der Waals surface area contributed by atoms with Crippen molar-refractivity contribution in [2.24, 2.45) is 5.92 Å². The largest absolute Gasteiger partial charge is 0.441 e. The Labute approximate surface area is 181 Å². The van der Waals surface area contributed by atoms with Gasteiger partial charge in [-0.1, -0.05) is 36.4 Å². The third-order valence-corrected chi connectivity index (χ3v) is 5.56. The molecule has 1 aliphatic rings. The first kappa shape index (κ1) is 20.8. The summed E-state index contributed by atoms with van der Waals surface area (Å²) in [6, 6.07) is 13.5. The van der Waals surface area contributed by atoms with Crippen LogP contribution in [0.4, 0.5) is 5.82 Å². The summed E-state index contributed by atoms with van der Waals surface area (Å²) in [5.41, 5.74) is 1.88. The van der Waals surface area contributed by atoms with Crippen LogP contribution in [0.5, 0.6) is 0 Å². The molecule has 4 rings (SSSR count). The zero-order valence-corrected chi connectivity index (χ0v) is 17.6. The molecular formula is C24H26N4O3. The number of aryl methyl sites for hydroxylation is 2. The highest BCUT2D eigenvalue weighted by Gasteiger charge is 2.28. The number of rotatable bonds is 6. The maximum absolute atomic E-state index is 12.7. The van der Waals surface area contributed by atoms with Gasteiger partial charge in [-0.2, -0.15) is 0 Å². The van der Waals surface area contributed by atoms with E-state index < -0.39 is 0 Å². The molecule has 3 heterocycles. The van der Waals surface area contributed by atoms with Crippen molar-refractivity contribution in [3.63, 3.8) is 0 Å². The smallest absolute Gasteiger partial charge is 0.230 e. The van der Waals surface area contributed by atoms with E-state index in [1.165, 1.54) is 0 Å². The lowest BCUT2D eigenvalue weighted by molar-refractivity contribution is -0.134. The van der Waals surface area contributed by atoms with E-state index in [1.807, 2.05) is 49.4 Å². The first-order valence-corrected chi connectivity index (χ1v) is 10.6. The Morgan fingerprint density at radius 2 is 2.00 bits per heavy atom. The van der Waals surface area contributed by atoms with E-state index >= 15 is 0 Å². The van der Waals surface area contributed by atoms with E-state index in [1.54, 1.807) is 17.3 Å². The molecular weight excluding hydrogens is 392 g/mol. The van der Waals surface area contributed by atoms with E-state index in [9.17, 15) is 9.59 Å². The van der Waals surface area contributed by atoms with Crippen molar-refractivity contribution in [3.8, 4) is 11.3 Å². The lowest BCUT2D eigenvalue weighted by Gasteiger charge is -2.32. The Hall–Kier alpha value is -3.48. The summed E-state index contributed by atoms with van der Waals surface area (Å²) in [7, 11) is 0. The van der Waals surface area contributed by atoms with Crippen molar-refractivity contribution < 1.29 is 14.0 Å². The second-order valence-corrected chi connectivity index (χ2v) is 7.82. The van der Waals surface area contributed by atoms with Crippen LogP contribution in [0, 0.1) is 12.8 Å². The van der Waals surface area contributed by atoms with Crippen LogP contribution in [0.2, 0.25) is 0 Å². The molecule has 1 aromatic carbocycles. The van der Waals surface area contributed by atoms with Crippen molar-refractivity contribution >= 4 is 17.6 Å². The normalized spacial score (nSPS) is 16.2. The van der Waals surface area contributed by atoms with E-state index in [4.69, 9.17) is 4.42 Å². The number of hydrogen-bond donors (Lipinski definition) is 1. The number of nitrogens with zero attached hydrogens (tertiary/aromatic N) is 3. The molecule has 3 aromatic rings. The summed E-state index contributed by atoms with van der Waals surface area (Å²) in [6.07, 6.45) is 5.67. The number of hydrogen-bond acceptors (Lipinski definition) is 5. The number of amides is 2. The summed E-state index contributed by atoms with van der Waals surface area (Å²) < 4.78 is 5.79. The number of anilines is 1. The van der Waals surface area contributed by atoms with Crippen molar-refractivity contribution in [2.45, 2.75) is 32.6 Å². The highest BCUT2D eigenvalue weighted by atomic mass is 16.4. The van der Waals surface area contributed by atoms with Crippen LogP contribution < -0.4 is 5.32 Å². The standard InChI is InChI=1S/C24H26N4O3/c1-17-7-5-13-25-23(17)27-24(30)19-10-6-14-28(16-19)22(29)12-11-21-26-15-20(31-21)18-8-3-2-4-9-18/h2-5,7-9,13,15,19H,6,10-12,14,16H2,1H3,(H,25,27,30). The zero-order valence-electron chi connectivity index (χ0n) is 17.6. The maximum atomic E-state index is 12.7. The predicted octanol–water partition coefficient (Wildman–Crippen LogP) is 3.85. The number of piperidine rings is 1. The number of nitrogens with one attached hydrogen (secondary N) is 1. The first-order valence-electron chi connectivity index (χ1n) is 10.6. The lowest BCUT2D eigenvalue weighted by Crippen LogP contribution is -2.44. The van der Waals surface area contributed by atoms with Gasteiger partial charge in [-0.05, 0) is 31.4 Å². The van der Waals surface area contributed by atoms with Crippen LogP contribution in [0.25, 0.3) is 11.3 Å². The number of carbonyl (C=O) groups excluding carboxylic acids is 2. The van der Waals surface area contributed by atoms with Gasteiger partial charge in [0, 0.05) is 37.7 Å². The first-order chi connectivity index (χ1) is 15.1. The van der Waals surface area contributed by atoms with Crippen LogP contribution in [0.1, 0.15) is 30.7 Å². The second-order valence-electron chi connectivity index (χ2n) is 7.82. The molecule has 0 bridgehead atoms. The Morgan fingerprint density at radius 1 is 1.16 bits per heavy atom. The van der Waals surface area contributed by atoms with Crippen LogP contribution in [-0.2, 0) is 16.0 Å². The highest BCUT2D eigenvalue weighted by Crippen LogP contribution is 2.22. The van der Waals surface area contributed by atoms with Gasteiger partial charge in [-0.25, -0.2) is 9.97 Å². The van der Waals surface area contributed by atoms with E-state index in [2.05, 4.69) is 15.3 Å². The van der Waals surface area contributed by atoms with Crippen molar-refractivity contribution in [2.75, 3.05) is 18.4 Å². The Kier molecular flexibility index (Phi) is 6.40. The number of carbonyl (C=O) groups is 2. The fourth-order valence-electron chi connectivity index (χ4n) is 3.79. The van der Waals surface area contributed by atoms with Gasteiger partial charge in [-0.3, -0.25) is 9.59 Å². The third kappa shape index (κ3) is 5.17. The van der Waals surface area contributed by atoms with Crippen LogP contribution in [-0.4, -0.2) is 39.8 Å². The van der Waals surface area contributed by atoms with Crippen LogP contribution in [0.3, 0.4) is 0 Å². The highest BCUT2D eigenvalue weighted by molar-refractivity contribution is 5.93. The molecule has 0 aliphatic carbocycles. The number of oxazole rings is 1. The molecule has 0 spiro atoms. The minimum absolute atomic E-state index is 0.0194. The minimum Gasteiger partial charge on any atom is -0.441 e. The number of aromatic nitrogens is 2. The van der Waals surface area contributed by atoms with Gasteiger partial charge < -0.3 is 14.6 Å². The van der Waals surface area contributed by atoms with E-state index in [-0.39, 0.29) is 17.7 Å². The Bertz CT molecular complexity index is 1050. The molecule has 31 heavy (non-hydrogen) atoms. The maximum Gasteiger partial charge on any atom is 0.230 e. The summed E-state index contributed by atoms with van der Waals surface area (Å²) in [5, 5.41) is 2.90. The van der Waals surface area contributed by atoms with Crippen molar-refractivity contribution in [3.05, 3.63) is 66.3 Å². The Morgan fingerprint density at radius 3 is 2.81 bits per heavy atom. The quantitative estimate of drug-likeness (QED) is 0.657. The molecule has 2 aromatic heterocycles. The van der Waals surface area contributed by atoms with Crippen LogP contribution in [0.15, 0.2) is 59.3 Å². The molecule has 7 heteroatoms.